The molecule has 2 aliphatic rings. The van der Waals surface area contributed by atoms with E-state index in [1.165, 1.54) is 25.7 Å². The Kier molecular flexibility index (Phi) is 4.11. The van der Waals surface area contributed by atoms with Crippen LogP contribution < -0.4 is 5.32 Å². The van der Waals surface area contributed by atoms with E-state index >= 15 is 0 Å². The fraction of sp³-hybridized carbons (Fsp3) is 0.647. The number of nitrogens with one attached hydrogen (secondary N) is 1. The Balaban J connectivity index is 1.69. The van der Waals surface area contributed by atoms with Crippen LogP contribution in [0.25, 0.3) is 0 Å². The lowest BCUT2D eigenvalue weighted by molar-refractivity contribution is 0.00824. The van der Waals surface area contributed by atoms with Crippen molar-refractivity contribution in [1.29, 1.82) is 0 Å². The average Bonchev–Trinajstić information content (AvgIpc) is 3.10. The number of hydrogen-bond acceptors (Lipinski definition) is 3. The second-order valence-electron chi connectivity index (χ2n) is 6.52. The molecule has 110 valence electrons. The average molecular weight is 274 g/mol. The van der Waals surface area contributed by atoms with E-state index in [1.807, 2.05) is 37.3 Å². The van der Waals surface area contributed by atoms with Gasteiger partial charge >= 0.3 is 0 Å². The Morgan fingerprint density at radius 2 is 2.05 bits per heavy atom. The number of nitrogens with zero attached hydrogens (tertiary/aromatic N) is 1. The normalized spacial score (nSPS) is 30.5. The molecule has 0 amide bonds. The lowest BCUT2D eigenvalue weighted by Crippen LogP contribution is -2.48. The van der Waals surface area contributed by atoms with Gasteiger partial charge in [0, 0.05) is 18.6 Å². The van der Waals surface area contributed by atoms with Gasteiger partial charge < -0.3 is 10.4 Å². The molecule has 3 atom stereocenters. The standard InChI is InChI=1S/C17H26N2O/c1-17(20,14-7-3-2-4-8-14)13-19-12-6-10-16(19)15-9-5-11-18-15/h2-4,7-8,15-16,18,20H,5-6,9-13H2,1H3. The van der Waals surface area contributed by atoms with E-state index in [1.54, 1.807) is 0 Å². The molecular formula is C17H26N2O. The van der Waals surface area contributed by atoms with E-state index in [0.717, 1.165) is 25.2 Å². The van der Waals surface area contributed by atoms with Crippen LogP contribution in [-0.4, -0.2) is 41.7 Å². The number of likely N-dealkylation sites (tertiary alicyclic amines) is 1. The lowest BCUT2D eigenvalue weighted by Gasteiger charge is -2.35. The predicted octanol–water partition coefficient (Wildman–Crippen LogP) is 2.11. The summed E-state index contributed by atoms with van der Waals surface area (Å²) in [6.45, 7) is 4.95. The van der Waals surface area contributed by atoms with Gasteiger partial charge in [0.05, 0.1) is 5.60 Å². The van der Waals surface area contributed by atoms with Crippen molar-refractivity contribution in [1.82, 2.24) is 10.2 Å². The third-order valence-electron chi connectivity index (χ3n) is 4.88. The largest absolute Gasteiger partial charge is 0.384 e. The molecule has 0 spiro atoms. The molecule has 3 rings (SSSR count). The maximum Gasteiger partial charge on any atom is 0.0994 e. The van der Waals surface area contributed by atoms with Crippen LogP contribution in [0.4, 0.5) is 0 Å². The Morgan fingerprint density at radius 3 is 2.75 bits per heavy atom. The summed E-state index contributed by atoms with van der Waals surface area (Å²) in [6, 6.07) is 11.3. The first kappa shape index (κ1) is 14.1. The van der Waals surface area contributed by atoms with Crippen LogP contribution in [0, 0.1) is 0 Å². The van der Waals surface area contributed by atoms with E-state index in [-0.39, 0.29) is 0 Å². The van der Waals surface area contributed by atoms with Crippen molar-refractivity contribution < 1.29 is 5.11 Å². The highest BCUT2D eigenvalue weighted by Gasteiger charge is 2.37. The van der Waals surface area contributed by atoms with Gasteiger partial charge in [0.25, 0.3) is 0 Å². The highest BCUT2D eigenvalue weighted by atomic mass is 16.3. The van der Waals surface area contributed by atoms with Crippen LogP contribution in [0.3, 0.4) is 0 Å². The fourth-order valence-electron chi connectivity index (χ4n) is 3.83. The third-order valence-corrected chi connectivity index (χ3v) is 4.88. The minimum atomic E-state index is -0.761. The summed E-state index contributed by atoms with van der Waals surface area (Å²) in [4.78, 5) is 2.50. The maximum atomic E-state index is 10.8. The first-order chi connectivity index (χ1) is 9.67. The van der Waals surface area contributed by atoms with Crippen molar-refractivity contribution in [2.45, 2.75) is 50.3 Å². The van der Waals surface area contributed by atoms with Crippen LogP contribution in [0.5, 0.6) is 0 Å². The molecule has 3 unspecified atom stereocenters. The minimum Gasteiger partial charge on any atom is -0.384 e. The molecule has 3 heteroatoms. The van der Waals surface area contributed by atoms with Crippen molar-refractivity contribution in [3.63, 3.8) is 0 Å². The van der Waals surface area contributed by atoms with E-state index < -0.39 is 5.60 Å². The SMILES string of the molecule is CC(O)(CN1CCCC1C1CCCN1)c1ccccc1. The molecule has 2 N–H and O–H groups in total. The fourth-order valence-corrected chi connectivity index (χ4v) is 3.83. The van der Waals surface area contributed by atoms with Crippen molar-refractivity contribution in [2.75, 3.05) is 19.6 Å². The van der Waals surface area contributed by atoms with Crippen LogP contribution in [0.2, 0.25) is 0 Å². The van der Waals surface area contributed by atoms with Crippen molar-refractivity contribution >= 4 is 0 Å². The Morgan fingerprint density at radius 1 is 1.25 bits per heavy atom. The van der Waals surface area contributed by atoms with Crippen LogP contribution >= 0.6 is 0 Å². The monoisotopic (exact) mass is 274 g/mol. The number of aliphatic hydroxyl groups is 1. The lowest BCUT2D eigenvalue weighted by atomic mass is 9.94. The summed E-state index contributed by atoms with van der Waals surface area (Å²) >= 11 is 0. The van der Waals surface area contributed by atoms with Gasteiger partial charge in [0.15, 0.2) is 0 Å². The molecular weight excluding hydrogens is 248 g/mol. The third kappa shape index (κ3) is 2.90. The summed E-state index contributed by atoms with van der Waals surface area (Å²) in [6.07, 6.45) is 5.11. The van der Waals surface area contributed by atoms with Crippen molar-refractivity contribution in [3.05, 3.63) is 35.9 Å². The van der Waals surface area contributed by atoms with Gasteiger partial charge in [-0.1, -0.05) is 30.3 Å². The molecule has 2 heterocycles. The summed E-state index contributed by atoms with van der Waals surface area (Å²) < 4.78 is 0. The molecule has 20 heavy (non-hydrogen) atoms. The van der Waals surface area contributed by atoms with E-state index in [2.05, 4.69) is 10.2 Å². The van der Waals surface area contributed by atoms with Gasteiger partial charge in [0.1, 0.15) is 0 Å². The van der Waals surface area contributed by atoms with E-state index in [9.17, 15) is 5.11 Å². The molecule has 0 aromatic heterocycles. The maximum absolute atomic E-state index is 10.8. The second kappa shape index (κ2) is 5.84. The van der Waals surface area contributed by atoms with Gasteiger partial charge in [-0.3, -0.25) is 4.90 Å². The van der Waals surface area contributed by atoms with E-state index in [0.29, 0.717) is 12.1 Å². The number of hydrogen-bond donors (Lipinski definition) is 2. The number of β-amino-alcohol motifs (C(OH)–C–C–N with tert-alkyl or cyclic N) is 1. The van der Waals surface area contributed by atoms with Crippen molar-refractivity contribution in [2.24, 2.45) is 0 Å². The zero-order chi connectivity index (χ0) is 14.0. The van der Waals surface area contributed by atoms with Gasteiger partial charge in [-0.2, -0.15) is 0 Å². The van der Waals surface area contributed by atoms with Crippen LogP contribution in [0.15, 0.2) is 30.3 Å². The van der Waals surface area contributed by atoms with E-state index in [4.69, 9.17) is 0 Å². The quantitative estimate of drug-likeness (QED) is 0.883. The summed E-state index contributed by atoms with van der Waals surface area (Å²) in [7, 11) is 0. The van der Waals surface area contributed by atoms with Gasteiger partial charge in [-0.15, -0.1) is 0 Å². The first-order valence-electron chi connectivity index (χ1n) is 7.92. The van der Waals surface area contributed by atoms with Crippen LogP contribution in [-0.2, 0) is 5.60 Å². The Hall–Kier alpha value is -0.900. The molecule has 2 fully saturated rings. The van der Waals surface area contributed by atoms with Crippen molar-refractivity contribution in [3.8, 4) is 0 Å². The zero-order valence-corrected chi connectivity index (χ0v) is 12.4. The molecule has 0 radical (unpaired) electrons. The Bertz CT molecular complexity index is 426. The molecule has 2 saturated heterocycles. The van der Waals surface area contributed by atoms with Gasteiger partial charge in [-0.25, -0.2) is 0 Å². The molecule has 1 aromatic rings. The minimum absolute atomic E-state index is 0.604. The summed E-state index contributed by atoms with van der Waals surface area (Å²) in [5, 5.41) is 14.5. The predicted molar refractivity (Wildman–Crippen MR) is 81.6 cm³/mol. The highest BCUT2D eigenvalue weighted by molar-refractivity contribution is 5.22. The number of benzene rings is 1. The molecule has 0 saturated carbocycles. The zero-order valence-electron chi connectivity index (χ0n) is 12.4. The number of rotatable bonds is 4. The highest BCUT2D eigenvalue weighted by Crippen LogP contribution is 2.29. The molecule has 2 aliphatic heterocycles. The molecule has 1 aromatic carbocycles. The molecule has 0 aliphatic carbocycles. The summed E-state index contributed by atoms with van der Waals surface area (Å²) in [5.41, 5.74) is 0.257. The van der Waals surface area contributed by atoms with Gasteiger partial charge in [0.2, 0.25) is 0 Å². The Labute approximate surface area is 122 Å². The van der Waals surface area contributed by atoms with Gasteiger partial charge in [-0.05, 0) is 51.3 Å². The van der Waals surface area contributed by atoms with Crippen LogP contribution in [0.1, 0.15) is 38.2 Å². The summed E-state index contributed by atoms with van der Waals surface area (Å²) in [5.74, 6) is 0. The second-order valence-corrected chi connectivity index (χ2v) is 6.52. The first-order valence-corrected chi connectivity index (χ1v) is 7.92. The molecule has 3 nitrogen and oxygen atoms in total. The molecule has 0 bridgehead atoms. The topological polar surface area (TPSA) is 35.5 Å². The smallest absolute Gasteiger partial charge is 0.0994 e.